The van der Waals surface area contributed by atoms with Gasteiger partial charge in [0.05, 0.1) is 22.2 Å². The van der Waals surface area contributed by atoms with Crippen molar-refractivity contribution in [2.75, 3.05) is 4.72 Å². The van der Waals surface area contributed by atoms with Crippen LogP contribution in [0.5, 0.6) is 0 Å². The van der Waals surface area contributed by atoms with Crippen LogP contribution < -0.4 is 9.83 Å². The number of sulfonamides is 1. The van der Waals surface area contributed by atoms with Crippen LogP contribution in [0.25, 0.3) is 10.9 Å². The number of halogens is 1. The number of carbonyl (C=O) groups excluding carboxylic acids is 1. The Balaban J connectivity index is 2.15. The zero-order valence-corrected chi connectivity index (χ0v) is 14.2. The molecule has 0 saturated heterocycles. The first-order valence-corrected chi connectivity index (χ1v) is 8.80. The molecule has 0 radical (unpaired) electrons. The van der Waals surface area contributed by atoms with Gasteiger partial charge in [-0.1, -0.05) is 6.07 Å². The van der Waals surface area contributed by atoms with E-state index in [0.29, 0.717) is 0 Å². The van der Waals surface area contributed by atoms with Crippen LogP contribution in [0.15, 0.2) is 41.3 Å². The highest BCUT2D eigenvalue weighted by atomic mass is 32.2. The minimum atomic E-state index is -4.07. The van der Waals surface area contributed by atoms with Gasteiger partial charge in [-0.05, 0) is 55.3 Å². The molecule has 0 unspecified atom stereocenters. The lowest BCUT2D eigenvalue weighted by Crippen LogP contribution is -2.25. The molecule has 0 aliphatic rings. The number of aromatic nitrogens is 1. The van der Waals surface area contributed by atoms with Crippen molar-refractivity contribution in [1.29, 1.82) is 0 Å². The maximum atomic E-state index is 13.5. The lowest BCUT2D eigenvalue weighted by molar-refractivity contribution is -0.255. The molecule has 1 heterocycles. The molecule has 3 aromatic rings. The Bertz CT molecular complexity index is 1100. The fraction of sp³-hybridized carbons (Fsp3) is 0.118. The topological polar surface area (TPSA) is 102 Å². The zero-order valence-electron chi connectivity index (χ0n) is 13.4. The average Bonchev–Trinajstić information content (AvgIpc) is 2.87. The number of hydrogen-bond donors (Lipinski definition) is 2. The van der Waals surface area contributed by atoms with Crippen molar-refractivity contribution in [3.05, 3.63) is 59.0 Å². The Morgan fingerprint density at radius 3 is 2.48 bits per heavy atom. The van der Waals surface area contributed by atoms with Crippen molar-refractivity contribution in [2.45, 2.75) is 18.7 Å². The molecule has 0 aliphatic carbocycles. The number of rotatable bonds is 4. The van der Waals surface area contributed by atoms with Crippen LogP contribution in [0.1, 0.15) is 21.6 Å². The van der Waals surface area contributed by atoms with Crippen molar-refractivity contribution in [2.24, 2.45) is 0 Å². The van der Waals surface area contributed by atoms with Gasteiger partial charge < -0.3 is 14.9 Å². The van der Waals surface area contributed by atoms with Crippen molar-refractivity contribution >= 4 is 32.6 Å². The number of carbonyl (C=O) groups is 1. The van der Waals surface area contributed by atoms with Gasteiger partial charge in [-0.2, -0.15) is 0 Å². The van der Waals surface area contributed by atoms with Crippen molar-refractivity contribution in [3.63, 3.8) is 0 Å². The molecular formula is C17H14FN2O4S-. The fourth-order valence-electron chi connectivity index (χ4n) is 2.50. The molecule has 2 aromatic carbocycles. The molecule has 25 heavy (non-hydrogen) atoms. The molecule has 8 heteroatoms. The maximum absolute atomic E-state index is 13.5. The minimum Gasteiger partial charge on any atom is -0.543 e. The summed E-state index contributed by atoms with van der Waals surface area (Å²) in [6, 6.07) is 8.06. The lowest BCUT2D eigenvalue weighted by Gasteiger charge is -2.11. The highest BCUT2D eigenvalue weighted by Crippen LogP contribution is 2.30. The summed E-state index contributed by atoms with van der Waals surface area (Å²) >= 11 is 0. The van der Waals surface area contributed by atoms with Gasteiger partial charge >= 0.3 is 0 Å². The van der Waals surface area contributed by atoms with E-state index < -0.39 is 27.5 Å². The molecule has 2 N–H and O–H groups in total. The summed E-state index contributed by atoms with van der Waals surface area (Å²) in [5.74, 6) is -2.22. The molecule has 1 aromatic heterocycles. The monoisotopic (exact) mass is 361 g/mol. The van der Waals surface area contributed by atoms with E-state index in [2.05, 4.69) is 9.71 Å². The van der Waals surface area contributed by atoms with E-state index in [0.717, 1.165) is 23.3 Å². The number of aromatic amines is 1. The van der Waals surface area contributed by atoms with Gasteiger partial charge in [0, 0.05) is 10.9 Å². The van der Waals surface area contributed by atoms with Gasteiger partial charge in [0.15, 0.2) is 0 Å². The van der Waals surface area contributed by atoms with E-state index in [1.807, 2.05) is 6.92 Å². The largest absolute Gasteiger partial charge is 0.543 e. The summed E-state index contributed by atoms with van der Waals surface area (Å²) in [5.41, 5.74) is 1.25. The standard InChI is InChI=1S/C17H15FN2O4S/c1-9-3-5-12(7-10(9)2)25(23,24)20-15-13-8-11(18)4-6-14(13)19-16(15)17(21)22/h3-8,19-20H,1-2H3,(H,21,22)/p-1. The third kappa shape index (κ3) is 3.08. The Kier molecular flexibility index (Phi) is 4.00. The van der Waals surface area contributed by atoms with E-state index in [1.165, 1.54) is 18.2 Å². The highest BCUT2D eigenvalue weighted by Gasteiger charge is 2.21. The molecule has 0 amide bonds. The van der Waals surface area contributed by atoms with Crippen LogP contribution in [0.3, 0.4) is 0 Å². The van der Waals surface area contributed by atoms with Crippen LogP contribution >= 0.6 is 0 Å². The van der Waals surface area contributed by atoms with Crippen LogP contribution in [0.2, 0.25) is 0 Å². The molecule has 0 saturated carbocycles. The molecule has 0 spiro atoms. The van der Waals surface area contributed by atoms with E-state index in [9.17, 15) is 22.7 Å². The van der Waals surface area contributed by atoms with Gasteiger partial charge in [-0.15, -0.1) is 0 Å². The number of anilines is 1. The number of nitrogens with one attached hydrogen (secondary N) is 2. The van der Waals surface area contributed by atoms with Gasteiger partial charge in [-0.3, -0.25) is 4.72 Å². The first kappa shape index (κ1) is 17.0. The number of H-pyrrole nitrogens is 1. The minimum absolute atomic E-state index is 0.0225. The Labute approximate surface area is 143 Å². The maximum Gasteiger partial charge on any atom is 0.261 e. The highest BCUT2D eigenvalue weighted by molar-refractivity contribution is 7.92. The summed E-state index contributed by atoms with van der Waals surface area (Å²) < 4.78 is 41.0. The predicted octanol–water partition coefficient (Wildman–Crippen LogP) is 2.09. The van der Waals surface area contributed by atoms with Crippen LogP contribution in [0.4, 0.5) is 10.1 Å². The number of carboxylic acid groups (broad SMARTS) is 1. The van der Waals surface area contributed by atoms with Gasteiger partial charge in [0.2, 0.25) is 0 Å². The number of carboxylic acids is 1. The van der Waals surface area contributed by atoms with Crippen LogP contribution in [-0.2, 0) is 10.0 Å². The Morgan fingerprint density at radius 2 is 1.84 bits per heavy atom. The summed E-state index contributed by atoms with van der Waals surface area (Å²) in [4.78, 5) is 13.8. The quantitative estimate of drug-likeness (QED) is 0.743. The first-order valence-electron chi connectivity index (χ1n) is 7.31. The summed E-state index contributed by atoms with van der Waals surface area (Å²) in [5, 5.41) is 11.4. The number of fused-ring (bicyclic) bond motifs is 1. The molecule has 3 rings (SSSR count). The van der Waals surface area contributed by atoms with Crippen LogP contribution in [-0.4, -0.2) is 19.4 Å². The van der Waals surface area contributed by atoms with E-state index in [1.54, 1.807) is 13.0 Å². The Morgan fingerprint density at radius 1 is 1.12 bits per heavy atom. The van der Waals surface area contributed by atoms with Crippen molar-refractivity contribution in [1.82, 2.24) is 4.98 Å². The number of benzene rings is 2. The first-order chi connectivity index (χ1) is 11.7. The van der Waals surface area contributed by atoms with Gasteiger partial charge in [0.25, 0.3) is 10.0 Å². The summed E-state index contributed by atoms with van der Waals surface area (Å²) in [6.45, 7) is 3.61. The molecule has 0 atom stereocenters. The lowest BCUT2D eigenvalue weighted by atomic mass is 10.1. The second kappa shape index (κ2) is 5.89. The molecule has 0 bridgehead atoms. The van der Waals surface area contributed by atoms with E-state index >= 15 is 0 Å². The van der Waals surface area contributed by atoms with Crippen molar-refractivity contribution < 1.29 is 22.7 Å². The third-order valence-corrected chi connectivity index (χ3v) is 5.34. The van der Waals surface area contributed by atoms with Crippen LogP contribution in [0, 0.1) is 19.7 Å². The predicted molar refractivity (Wildman–Crippen MR) is 89.3 cm³/mol. The molecule has 0 fully saturated rings. The third-order valence-electron chi connectivity index (χ3n) is 3.99. The Hall–Kier alpha value is -2.87. The van der Waals surface area contributed by atoms with Crippen molar-refractivity contribution in [3.8, 4) is 0 Å². The normalized spacial score (nSPS) is 11.6. The average molecular weight is 361 g/mol. The number of aromatic carboxylic acids is 1. The number of aryl methyl sites for hydroxylation is 2. The van der Waals surface area contributed by atoms with E-state index in [-0.39, 0.29) is 21.5 Å². The smallest absolute Gasteiger partial charge is 0.261 e. The van der Waals surface area contributed by atoms with Gasteiger partial charge in [-0.25, -0.2) is 12.8 Å². The zero-order chi connectivity index (χ0) is 18.4. The second-order valence-electron chi connectivity index (χ2n) is 5.70. The summed E-state index contributed by atoms with van der Waals surface area (Å²) in [7, 11) is -4.07. The molecule has 130 valence electrons. The SMILES string of the molecule is Cc1ccc(S(=O)(=O)Nc2c(C(=O)[O-])[nH]c3ccc(F)cc23)cc1C. The molecular weight excluding hydrogens is 347 g/mol. The fourth-order valence-corrected chi connectivity index (χ4v) is 3.68. The molecule has 0 aliphatic heterocycles. The van der Waals surface area contributed by atoms with E-state index in [4.69, 9.17) is 0 Å². The molecule has 6 nitrogen and oxygen atoms in total. The number of hydrogen-bond acceptors (Lipinski definition) is 4. The second-order valence-corrected chi connectivity index (χ2v) is 7.39. The summed E-state index contributed by atoms with van der Waals surface area (Å²) in [6.07, 6.45) is 0. The van der Waals surface area contributed by atoms with Gasteiger partial charge in [0.1, 0.15) is 5.82 Å².